The maximum atomic E-state index is 10.5. The standard InChI is InChI=1S/C14H10O5S/c15-13-6-10-3-8-1-2-12(19-20(17)18)5-9(8)4-11(10)7-14(13)16/h1-7,15-16H,(H,17,18)/p-1. The van der Waals surface area contributed by atoms with Gasteiger partial charge in [0.05, 0.1) is 0 Å². The van der Waals surface area contributed by atoms with E-state index in [0.717, 1.165) is 21.5 Å². The Morgan fingerprint density at radius 2 is 1.40 bits per heavy atom. The van der Waals surface area contributed by atoms with Crippen molar-refractivity contribution in [3.8, 4) is 17.2 Å². The summed E-state index contributed by atoms with van der Waals surface area (Å²) in [6, 6.07) is 11.4. The largest absolute Gasteiger partial charge is 0.740 e. The summed E-state index contributed by atoms with van der Waals surface area (Å²) < 4.78 is 25.6. The predicted molar refractivity (Wildman–Crippen MR) is 74.3 cm³/mol. The van der Waals surface area contributed by atoms with Crippen LogP contribution < -0.4 is 4.18 Å². The van der Waals surface area contributed by atoms with Gasteiger partial charge < -0.3 is 18.9 Å². The van der Waals surface area contributed by atoms with Gasteiger partial charge >= 0.3 is 0 Å². The number of phenolic OH excluding ortho intramolecular Hbond substituents is 2. The van der Waals surface area contributed by atoms with Gasteiger partial charge in [0.1, 0.15) is 17.1 Å². The van der Waals surface area contributed by atoms with Crippen LogP contribution in [0.25, 0.3) is 21.5 Å². The van der Waals surface area contributed by atoms with Crippen LogP contribution in [0.2, 0.25) is 0 Å². The summed E-state index contributed by atoms with van der Waals surface area (Å²) in [7, 11) is 0. The molecule has 0 aliphatic heterocycles. The number of rotatable bonds is 2. The van der Waals surface area contributed by atoms with Crippen LogP contribution in [-0.2, 0) is 11.4 Å². The predicted octanol–water partition coefficient (Wildman–Crippen LogP) is 2.58. The van der Waals surface area contributed by atoms with Crippen molar-refractivity contribution >= 4 is 32.9 Å². The Kier molecular flexibility index (Phi) is 2.96. The Morgan fingerprint density at radius 3 is 2.00 bits per heavy atom. The summed E-state index contributed by atoms with van der Waals surface area (Å²) in [4.78, 5) is 0. The molecule has 0 spiro atoms. The van der Waals surface area contributed by atoms with E-state index in [2.05, 4.69) is 4.18 Å². The van der Waals surface area contributed by atoms with Gasteiger partial charge in [0.25, 0.3) is 0 Å². The highest BCUT2D eigenvalue weighted by Gasteiger charge is 2.05. The fourth-order valence-electron chi connectivity index (χ4n) is 2.13. The first-order valence-corrected chi connectivity index (χ1v) is 6.70. The van der Waals surface area contributed by atoms with Crippen LogP contribution >= 0.6 is 0 Å². The molecule has 6 heteroatoms. The van der Waals surface area contributed by atoms with Crippen LogP contribution in [0.1, 0.15) is 0 Å². The molecule has 20 heavy (non-hydrogen) atoms. The molecule has 102 valence electrons. The Labute approximate surface area is 116 Å². The number of benzene rings is 3. The maximum absolute atomic E-state index is 10.5. The summed E-state index contributed by atoms with van der Waals surface area (Å²) in [6.45, 7) is 0. The number of fused-ring (bicyclic) bond motifs is 2. The third-order valence-corrected chi connectivity index (χ3v) is 3.35. The van der Waals surface area contributed by atoms with Crippen molar-refractivity contribution < 1.29 is 23.2 Å². The lowest BCUT2D eigenvalue weighted by Gasteiger charge is -2.09. The molecule has 0 bridgehead atoms. The SMILES string of the molecule is O=S([O-])Oc1ccc2cc3cc(O)c(O)cc3cc2c1. The fourth-order valence-corrected chi connectivity index (χ4v) is 2.39. The highest BCUT2D eigenvalue weighted by Crippen LogP contribution is 2.33. The quantitative estimate of drug-likeness (QED) is 0.430. The summed E-state index contributed by atoms with van der Waals surface area (Å²) in [5, 5.41) is 22.1. The average molecular weight is 289 g/mol. The average Bonchev–Trinajstić information content (AvgIpc) is 2.37. The van der Waals surface area contributed by atoms with Crippen molar-refractivity contribution in [2.24, 2.45) is 0 Å². The zero-order valence-electron chi connectivity index (χ0n) is 10.1. The molecule has 0 heterocycles. The summed E-state index contributed by atoms with van der Waals surface area (Å²) in [5.41, 5.74) is 0. The first kappa shape index (κ1) is 12.7. The first-order valence-electron chi connectivity index (χ1n) is 5.70. The molecule has 0 saturated carbocycles. The highest BCUT2D eigenvalue weighted by molar-refractivity contribution is 7.74. The minimum Gasteiger partial charge on any atom is -0.740 e. The van der Waals surface area contributed by atoms with Crippen LogP contribution in [0.15, 0.2) is 42.5 Å². The normalized spacial score (nSPS) is 12.7. The Balaban J connectivity index is 2.22. The third-order valence-electron chi connectivity index (χ3n) is 3.02. The van der Waals surface area contributed by atoms with Gasteiger partial charge in [-0.05, 0) is 57.9 Å². The third kappa shape index (κ3) is 2.26. The second-order valence-electron chi connectivity index (χ2n) is 4.34. The van der Waals surface area contributed by atoms with Gasteiger partial charge in [-0.15, -0.1) is 0 Å². The van der Waals surface area contributed by atoms with Crippen LogP contribution in [-0.4, -0.2) is 19.0 Å². The van der Waals surface area contributed by atoms with E-state index in [9.17, 15) is 19.0 Å². The topological polar surface area (TPSA) is 89.8 Å². The first-order chi connectivity index (χ1) is 9.52. The molecule has 2 N–H and O–H groups in total. The molecule has 0 radical (unpaired) electrons. The van der Waals surface area contributed by atoms with Gasteiger partial charge in [0.2, 0.25) is 0 Å². The van der Waals surface area contributed by atoms with E-state index in [1.54, 1.807) is 24.3 Å². The smallest absolute Gasteiger partial charge is 0.158 e. The van der Waals surface area contributed by atoms with Crippen LogP contribution in [0.4, 0.5) is 0 Å². The Hall–Kier alpha value is -2.31. The molecule has 0 amide bonds. The van der Waals surface area contributed by atoms with Gasteiger partial charge in [0.15, 0.2) is 11.5 Å². The molecule has 3 rings (SSSR count). The summed E-state index contributed by atoms with van der Waals surface area (Å²) >= 11 is -2.62. The molecule has 0 aromatic heterocycles. The number of hydrogen-bond donors (Lipinski definition) is 2. The van der Waals surface area contributed by atoms with E-state index in [1.165, 1.54) is 12.1 Å². The molecule has 5 nitrogen and oxygen atoms in total. The summed E-state index contributed by atoms with van der Waals surface area (Å²) in [5.74, 6) is -0.170. The van der Waals surface area contributed by atoms with Crippen molar-refractivity contribution in [2.45, 2.75) is 0 Å². The molecule has 3 aromatic rings. The summed E-state index contributed by atoms with van der Waals surface area (Å²) in [6.07, 6.45) is 0. The van der Waals surface area contributed by atoms with Crippen molar-refractivity contribution in [3.63, 3.8) is 0 Å². The van der Waals surface area contributed by atoms with Crippen molar-refractivity contribution in [1.29, 1.82) is 0 Å². The minimum atomic E-state index is -2.62. The van der Waals surface area contributed by atoms with Crippen molar-refractivity contribution in [1.82, 2.24) is 0 Å². The number of aromatic hydroxyl groups is 2. The van der Waals surface area contributed by atoms with Gasteiger partial charge in [0, 0.05) is 0 Å². The molecule has 0 aliphatic rings. The van der Waals surface area contributed by atoms with Crippen LogP contribution in [0, 0.1) is 0 Å². The molecule has 1 unspecified atom stereocenters. The monoisotopic (exact) mass is 289 g/mol. The van der Waals surface area contributed by atoms with E-state index in [4.69, 9.17) is 0 Å². The molecule has 0 fully saturated rings. The van der Waals surface area contributed by atoms with Crippen molar-refractivity contribution in [2.75, 3.05) is 0 Å². The number of phenols is 2. The van der Waals surface area contributed by atoms with Gasteiger partial charge in [-0.2, -0.15) is 0 Å². The lowest BCUT2D eigenvalue weighted by atomic mass is 10.0. The van der Waals surface area contributed by atoms with E-state index < -0.39 is 11.4 Å². The maximum Gasteiger partial charge on any atom is 0.158 e. The van der Waals surface area contributed by atoms with E-state index in [-0.39, 0.29) is 17.2 Å². The van der Waals surface area contributed by atoms with E-state index in [0.29, 0.717) is 0 Å². The molecule has 0 aliphatic carbocycles. The molecule has 0 saturated heterocycles. The lowest BCUT2D eigenvalue weighted by Crippen LogP contribution is -1.97. The van der Waals surface area contributed by atoms with E-state index >= 15 is 0 Å². The van der Waals surface area contributed by atoms with E-state index in [1.807, 2.05) is 6.07 Å². The molecule has 3 aromatic carbocycles. The molecular formula is C14H9O5S-. The Bertz CT molecular complexity index is 844. The second-order valence-corrected chi connectivity index (χ2v) is 4.91. The fraction of sp³-hybridized carbons (Fsp3) is 0. The highest BCUT2D eigenvalue weighted by atomic mass is 32.2. The van der Waals surface area contributed by atoms with Gasteiger partial charge in [-0.25, -0.2) is 4.21 Å². The second kappa shape index (κ2) is 4.66. The zero-order valence-corrected chi connectivity index (χ0v) is 10.9. The minimum absolute atomic E-state index is 0.182. The van der Waals surface area contributed by atoms with Crippen molar-refractivity contribution in [3.05, 3.63) is 42.5 Å². The van der Waals surface area contributed by atoms with Gasteiger partial charge in [-0.3, -0.25) is 0 Å². The van der Waals surface area contributed by atoms with Crippen LogP contribution in [0.5, 0.6) is 17.2 Å². The van der Waals surface area contributed by atoms with Crippen LogP contribution in [0.3, 0.4) is 0 Å². The number of hydrogen-bond acceptors (Lipinski definition) is 5. The molecular weight excluding hydrogens is 280 g/mol. The van der Waals surface area contributed by atoms with Gasteiger partial charge in [-0.1, -0.05) is 6.07 Å². The lowest BCUT2D eigenvalue weighted by molar-refractivity contribution is 0.405. The molecule has 1 atom stereocenters. The zero-order chi connectivity index (χ0) is 14.3. The Morgan fingerprint density at radius 1 is 0.850 bits per heavy atom.